The van der Waals surface area contributed by atoms with Gasteiger partial charge in [-0.1, -0.05) is 84.9 Å². The van der Waals surface area contributed by atoms with Crippen molar-refractivity contribution in [3.05, 3.63) is 107 Å². The summed E-state index contributed by atoms with van der Waals surface area (Å²) in [5.74, 6) is 1.93. The standard InChI is InChI=1S/C27H17IN4/c28-21-15-9-17-23-24(21)20-14-7-8-16-22(20)32(23)27-30-25(18-10-3-1-4-11-18)29-26(31-27)19-12-5-2-6-13-19/h1-17H. The smallest absolute Gasteiger partial charge is 0.238 e. The van der Waals surface area contributed by atoms with Crippen LogP contribution in [0.1, 0.15) is 0 Å². The fraction of sp³-hybridized carbons (Fsp3) is 0. The molecule has 32 heavy (non-hydrogen) atoms. The van der Waals surface area contributed by atoms with Crippen molar-refractivity contribution in [1.29, 1.82) is 0 Å². The molecule has 0 saturated heterocycles. The zero-order chi connectivity index (χ0) is 21.5. The predicted octanol–water partition coefficient (Wildman–Crippen LogP) is 6.91. The summed E-state index contributed by atoms with van der Waals surface area (Å²) < 4.78 is 3.35. The Labute approximate surface area is 198 Å². The summed E-state index contributed by atoms with van der Waals surface area (Å²) >= 11 is 2.40. The maximum Gasteiger partial charge on any atom is 0.238 e. The van der Waals surface area contributed by atoms with Gasteiger partial charge in [-0.15, -0.1) is 0 Å². The van der Waals surface area contributed by atoms with Crippen LogP contribution in [0.3, 0.4) is 0 Å². The molecule has 0 aliphatic carbocycles. The molecule has 0 unspecified atom stereocenters. The van der Waals surface area contributed by atoms with Gasteiger partial charge in [-0.25, -0.2) is 4.98 Å². The van der Waals surface area contributed by atoms with Crippen molar-refractivity contribution in [1.82, 2.24) is 19.5 Å². The van der Waals surface area contributed by atoms with Gasteiger partial charge in [0, 0.05) is 25.5 Å². The van der Waals surface area contributed by atoms with Crippen LogP contribution in [-0.4, -0.2) is 19.5 Å². The molecule has 0 aliphatic heterocycles. The van der Waals surface area contributed by atoms with Crippen LogP contribution < -0.4 is 0 Å². The Hall–Kier alpha value is -3.58. The molecule has 0 saturated carbocycles. The van der Waals surface area contributed by atoms with Crippen LogP contribution in [-0.2, 0) is 0 Å². The van der Waals surface area contributed by atoms with Crippen LogP contribution in [0.2, 0.25) is 0 Å². The summed E-state index contributed by atoms with van der Waals surface area (Å²) in [4.78, 5) is 14.7. The van der Waals surface area contributed by atoms with Crippen molar-refractivity contribution >= 4 is 44.4 Å². The summed E-state index contributed by atoms with van der Waals surface area (Å²) in [6.07, 6.45) is 0. The quantitative estimate of drug-likeness (QED) is 0.237. The second kappa shape index (κ2) is 7.84. The Bertz CT molecular complexity index is 1520. The van der Waals surface area contributed by atoms with Crippen molar-refractivity contribution < 1.29 is 0 Å². The Morgan fingerprint density at radius 3 is 1.75 bits per heavy atom. The molecule has 0 fully saturated rings. The Kier molecular flexibility index (Phi) is 4.69. The van der Waals surface area contributed by atoms with Crippen LogP contribution in [0.25, 0.3) is 50.5 Å². The van der Waals surface area contributed by atoms with Crippen LogP contribution in [0, 0.1) is 3.57 Å². The lowest BCUT2D eigenvalue weighted by Gasteiger charge is -2.10. The first-order valence-electron chi connectivity index (χ1n) is 10.3. The summed E-state index contributed by atoms with van der Waals surface area (Å²) in [6.45, 7) is 0. The Morgan fingerprint density at radius 1 is 0.531 bits per heavy atom. The lowest BCUT2D eigenvalue weighted by molar-refractivity contribution is 0.953. The van der Waals surface area contributed by atoms with Gasteiger partial charge in [0.25, 0.3) is 0 Å². The van der Waals surface area contributed by atoms with Crippen LogP contribution in [0.15, 0.2) is 103 Å². The number of benzene rings is 4. The summed E-state index contributed by atoms with van der Waals surface area (Å²) in [6, 6.07) is 34.9. The third-order valence-corrected chi connectivity index (χ3v) is 6.43. The van der Waals surface area contributed by atoms with Gasteiger partial charge in [-0.3, -0.25) is 4.57 Å². The summed E-state index contributed by atoms with van der Waals surface area (Å²) in [5, 5.41) is 2.40. The van der Waals surface area contributed by atoms with Gasteiger partial charge < -0.3 is 0 Å². The predicted molar refractivity (Wildman–Crippen MR) is 138 cm³/mol. The van der Waals surface area contributed by atoms with Gasteiger partial charge in [-0.2, -0.15) is 9.97 Å². The van der Waals surface area contributed by atoms with Crippen LogP contribution in [0.4, 0.5) is 0 Å². The molecule has 2 heterocycles. The molecule has 2 aromatic heterocycles. The molecule has 0 atom stereocenters. The van der Waals surface area contributed by atoms with E-state index in [2.05, 4.69) is 69.6 Å². The summed E-state index contributed by atoms with van der Waals surface area (Å²) in [5.41, 5.74) is 4.09. The normalized spacial score (nSPS) is 11.3. The van der Waals surface area contributed by atoms with E-state index in [1.54, 1.807) is 0 Å². The number of fused-ring (bicyclic) bond motifs is 3. The maximum absolute atomic E-state index is 4.94. The van der Waals surface area contributed by atoms with Crippen molar-refractivity contribution in [2.45, 2.75) is 0 Å². The van der Waals surface area contributed by atoms with Crippen molar-refractivity contribution in [3.63, 3.8) is 0 Å². The number of para-hydroxylation sites is 1. The average molecular weight is 524 g/mol. The van der Waals surface area contributed by atoms with Gasteiger partial charge in [-0.05, 0) is 40.8 Å². The van der Waals surface area contributed by atoms with Crippen molar-refractivity contribution in [2.24, 2.45) is 0 Å². The van der Waals surface area contributed by atoms with Gasteiger partial charge in [0.05, 0.1) is 11.0 Å². The second-order valence-electron chi connectivity index (χ2n) is 7.50. The lowest BCUT2D eigenvalue weighted by atomic mass is 10.2. The monoisotopic (exact) mass is 524 g/mol. The molecule has 0 amide bonds. The molecule has 152 valence electrons. The highest BCUT2D eigenvalue weighted by Gasteiger charge is 2.18. The zero-order valence-corrected chi connectivity index (χ0v) is 19.1. The highest BCUT2D eigenvalue weighted by Crippen LogP contribution is 2.34. The number of rotatable bonds is 3. The van der Waals surface area contributed by atoms with E-state index in [0.717, 1.165) is 22.2 Å². The first kappa shape index (κ1) is 19.1. The van der Waals surface area contributed by atoms with Gasteiger partial charge >= 0.3 is 0 Å². The third kappa shape index (κ3) is 3.17. The topological polar surface area (TPSA) is 43.6 Å². The third-order valence-electron chi connectivity index (χ3n) is 5.53. The van der Waals surface area contributed by atoms with Crippen LogP contribution in [0.5, 0.6) is 0 Å². The summed E-state index contributed by atoms with van der Waals surface area (Å²) in [7, 11) is 0. The molecular formula is C27H17IN4. The SMILES string of the molecule is Ic1cccc2c1c1ccccc1n2-c1nc(-c2ccccc2)nc(-c2ccccc2)n1. The molecule has 6 rings (SSSR count). The lowest BCUT2D eigenvalue weighted by Crippen LogP contribution is -2.06. The molecule has 0 N–H and O–H groups in total. The first-order valence-corrected chi connectivity index (χ1v) is 11.4. The number of nitrogens with zero attached hydrogens (tertiary/aromatic N) is 4. The minimum Gasteiger partial charge on any atom is -0.278 e. The van der Waals surface area contributed by atoms with E-state index in [-0.39, 0.29) is 0 Å². The molecule has 0 aliphatic rings. The molecule has 5 heteroatoms. The van der Waals surface area contributed by atoms with E-state index in [0.29, 0.717) is 17.6 Å². The average Bonchev–Trinajstić information content (AvgIpc) is 3.20. The van der Waals surface area contributed by atoms with E-state index >= 15 is 0 Å². The molecule has 0 spiro atoms. The molecular weight excluding hydrogens is 507 g/mol. The zero-order valence-electron chi connectivity index (χ0n) is 17.0. The van der Waals surface area contributed by atoms with Crippen LogP contribution >= 0.6 is 22.6 Å². The number of halogens is 1. The fourth-order valence-electron chi connectivity index (χ4n) is 4.09. The Balaban J connectivity index is 1.71. The van der Waals surface area contributed by atoms with E-state index in [4.69, 9.17) is 15.0 Å². The second-order valence-corrected chi connectivity index (χ2v) is 8.66. The van der Waals surface area contributed by atoms with E-state index < -0.39 is 0 Å². The van der Waals surface area contributed by atoms with E-state index in [1.165, 1.54) is 14.3 Å². The first-order chi connectivity index (χ1) is 15.8. The van der Waals surface area contributed by atoms with Crippen molar-refractivity contribution in [2.75, 3.05) is 0 Å². The van der Waals surface area contributed by atoms with Gasteiger partial charge in [0.1, 0.15) is 0 Å². The van der Waals surface area contributed by atoms with Crippen molar-refractivity contribution in [3.8, 4) is 28.7 Å². The van der Waals surface area contributed by atoms with E-state index in [1.807, 2.05) is 60.7 Å². The highest BCUT2D eigenvalue weighted by atomic mass is 127. The maximum atomic E-state index is 4.94. The largest absolute Gasteiger partial charge is 0.278 e. The highest BCUT2D eigenvalue weighted by molar-refractivity contribution is 14.1. The number of hydrogen-bond donors (Lipinski definition) is 0. The fourth-order valence-corrected chi connectivity index (χ4v) is 4.86. The molecule has 0 bridgehead atoms. The van der Waals surface area contributed by atoms with Gasteiger partial charge in [0.15, 0.2) is 11.6 Å². The number of hydrogen-bond acceptors (Lipinski definition) is 3. The molecule has 6 aromatic rings. The van der Waals surface area contributed by atoms with E-state index in [9.17, 15) is 0 Å². The molecule has 4 aromatic carbocycles. The minimum atomic E-state index is 0.617. The Morgan fingerprint density at radius 2 is 1.09 bits per heavy atom. The minimum absolute atomic E-state index is 0.617. The molecule has 0 radical (unpaired) electrons. The van der Waals surface area contributed by atoms with Gasteiger partial charge in [0.2, 0.25) is 5.95 Å². The molecule has 4 nitrogen and oxygen atoms in total. The number of aromatic nitrogens is 4.